The molecule has 3 unspecified atom stereocenters. The minimum atomic E-state index is -3.72. The molecule has 0 bridgehead atoms. The van der Waals surface area contributed by atoms with E-state index >= 15 is 0 Å². The lowest BCUT2D eigenvalue weighted by atomic mass is 10.1. The van der Waals surface area contributed by atoms with Crippen LogP contribution in [0.3, 0.4) is 0 Å². The van der Waals surface area contributed by atoms with Gasteiger partial charge in [-0.15, -0.1) is 0 Å². The number of carbonyl (C=O) groups excluding carboxylic acids is 1. The van der Waals surface area contributed by atoms with Crippen LogP contribution in [0.5, 0.6) is 0 Å². The number of aliphatic hydroxyl groups is 1. The first-order chi connectivity index (χ1) is 9.77. The largest absolute Gasteiger partial charge is 0.453 e. The number of halogens is 2. The molecule has 2 rings (SSSR count). The molecule has 1 aliphatic rings. The lowest BCUT2D eigenvalue weighted by Gasteiger charge is -2.23. The van der Waals surface area contributed by atoms with Crippen molar-refractivity contribution >= 4 is 11.8 Å². The van der Waals surface area contributed by atoms with E-state index in [1.807, 2.05) is 0 Å². The molecule has 21 heavy (non-hydrogen) atoms. The predicted octanol–water partition coefficient (Wildman–Crippen LogP) is -0.718. The Balaban J connectivity index is 2.41. The Bertz CT molecular complexity index is 606. The first-order valence-electron chi connectivity index (χ1n) is 5.93. The predicted molar refractivity (Wildman–Crippen MR) is 64.4 cm³/mol. The van der Waals surface area contributed by atoms with Crippen LogP contribution in [-0.4, -0.2) is 45.4 Å². The van der Waals surface area contributed by atoms with E-state index < -0.39 is 42.6 Å². The number of ether oxygens (including phenoxy) is 2. The van der Waals surface area contributed by atoms with Crippen molar-refractivity contribution in [2.75, 3.05) is 12.3 Å². The van der Waals surface area contributed by atoms with Crippen molar-refractivity contribution in [3.8, 4) is 0 Å². The van der Waals surface area contributed by atoms with Gasteiger partial charge in [0, 0.05) is 13.1 Å². The smallest absolute Gasteiger partial charge is 0.351 e. The fourth-order valence-corrected chi connectivity index (χ4v) is 2.04. The second-order valence-electron chi connectivity index (χ2n) is 4.46. The van der Waals surface area contributed by atoms with Gasteiger partial charge in [0.05, 0.1) is 6.61 Å². The third-order valence-corrected chi connectivity index (χ3v) is 2.93. The summed E-state index contributed by atoms with van der Waals surface area (Å²) in [6.45, 7) is 0.149. The molecule has 0 amide bonds. The van der Waals surface area contributed by atoms with E-state index in [4.69, 9.17) is 15.6 Å². The summed E-state index contributed by atoms with van der Waals surface area (Å²) in [4.78, 5) is 25.9. The fourth-order valence-electron chi connectivity index (χ4n) is 2.04. The Morgan fingerprint density at radius 2 is 2.33 bits per heavy atom. The highest BCUT2D eigenvalue weighted by Crippen LogP contribution is 2.43. The molecule has 1 aliphatic heterocycles. The number of hydrogen-bond donors (Lipinski definition) is 2. The topological polar surface area (TPSA) is 117 Å². The zero-order chi connectivity index (χ0) is 15.8. The van der Waals surface area contributed by atoms with E-state index in [2.05, 4.69) is 9.72 Å². The molecule has 0 radical (unpaired) electrons. The van der Waals surface area contributed by atoms with Crippen LogP contribution in [0.25, 0.3) is 0 Å². The summed E-state index contributed by atoms with van der Waals surface area (Å²) in [5.74, 6) is -4.81. The number of esters is 1. The number of rotatable bonds is 3. The first kappa shape index (κ1) is 15.3. The summed E-state index contributed by atoms with van der Waals surface area (Å²) in [7, 11) is 0. The Morgan fingerprint density at radius 3 is 2.86 bits per heavy atom. The summed E-state index contributed by atoms with van der Waals surface area (Å²) in [6.07, 6.45) is -4.53. The molecule has 0 aliphatic carbocycles. The van der Waals surface area contributed by atoms with Gasteiger partial charge in [-0.1, -0.05) is 0 Å². The highest BCUT2D eigenvalue weighted by molar-refractivity contribution is 5.66. The average molecular weight is 305 g/mol. The van der Waals surface area contributed by atoms with Crippen LogP contribution in [0.1, 0.15) is 13.2 Å². The number of alkyl halides is 2. The Morgan fingerprint density at radius 1 is 1.67 bits per heavy atom. The van der Waals surface area contributed by atoms with Crippen molar-refractivity contribution in [2.45, 2.75) is 31.3 Å². The van der Waals surface area contributed by atoms with Gasteiger partial charge in [0.2, 0.25) is 6.23 Å². The minimum absolute atomic E-state index is 0.132. The molecule has 2 heterocycles. The third-order valence-electron chi connectivity index (χ3n) is 2.93. The lowest BCUT2D eigenvalue weighted by Crippen LogP contribution is -2.44. The molecule has 1 saturated heterocycles. The standard InChI is InChI=1S/C11H13F2N3O5/c1-5(18)20-8-6(4-17)21-9(11(8,12)13)16-3-2-7(14)15-10(16)19/h2-3,6,8-9,17H,4H2,1H3,(H2,14,15,19). The van der Waals surface area contributed by atoms with Gasteiger partial charge in [0.15, 0.2) is 6.10 Å². The van der Waals surface area contributed by atoms with Crippen LogP contribution >= 0.6 is 0 Å². The van der Waals surface area contributed by atoms with Crippen LogP contribution in [0.15, 0.2) is 17.1 Å². The van der Waals surface area contributed by atoms with Crippen LogP contribution in [0.2, 0.25) is 0 Å². The van der Waals surface area contributed by atoms with Crippen LogP contribution < -0.4 is 11.4 Å². The normalized spacial score (nSPS) is 27.5. The van der Waals surface area contributed by atoms with Gasteiger partial charge < -0.3 is 20.3 Å². The monoisotopic (exact) mass is 305 g/mol. The zero-order valence-corrected chi connectivity index (χ0v) is 10.9. The molecule has 116 valence electrons. The Kier molecular flexibility index (Phi) is 3.92. The maximum Gasteiger partial charge on any atom is 0.351 e. The van der Waals surface area contributed by atoms with Crippen molar-refractivity contribution in [1.82, 2.24) is 9.55 Å². The average Bonchev–Trinajstić information content (AvgIpc) is 2.61. The summed E-state index contributed by atoms with van der Waals surface area (Å²) >= 11 is 0. The molecule has 0 spiro atoms. The van der Waals surface area contributed by atoms with Gasteiger partial charge in [0.25, 0.3) is 0 Å². The van der Waals surface area contributed by atoms with Crippen molar-refractivity contribution in [2.24, 2.45) is 0 Å². The Labute approximate surface area is 117 Å². The first-order valence-corrected chi connectivity index (χ1v) is 5.93. The molecule has 1 fully saturated rings. The number of nitrogen functional groups attached to an aromatic ring is 1. The number of carbonyl (C=O) groups is 1. The summed E-state index contributed by atoms with van der Waals surface area (Å²) in [5.41, 5.74) is 4.24. The van der Waals surface area contributed by atoms with Crippen LogP contribution in [0, 0.1) is 0 Å². The van der Waals surface area contributed by atoms with Crippen molar-refractivity contribution in [1.29, 1.82) is 0 Å². The SMILES string of the molecule is CC(=O)OC1C(CO)OC(n2ccc(N)nc2=O)C1(F)F. The van der Waals surface area contributed by atoms with E-state index in [0.29, 0.717) is 4.57 Å². The number of aromatic nitrogens is 2. The quantitative estimate of drug-likeness (QED) is 0.708. The maximum atomic E-state index is 14.3. The van der Waals surface area contributed by atoms with E-state index in [9.17, 15) is 18.4 Å². The van der Waals surface area contributed by atoms with E-state index in [0.717, 1.165) is 19.2 Å². The van der Waals surface area contributed by atoms with E-state index in [1.165, 1.54) is 0 Å². The fraction of sp³-hybridized carbons (Fsp3) is 0.545. The molecule has 1 aromatic heterocycles. The Hall–Kier alpha value is -2.07. The molecule has 0 saturated carbocycles. The minimum Gasteiger partial charge on any atom is -0.453 e. The van der Waals surface area contributed by atoms with Gasteiger partial charge in [-0.25, -0.2) is 4.79 Å². The molecule has 1 aromatic rings. The number of aliphatic hydroxyl groups excluding tert-OH is 1. The molecular formula is C11H13F2N3O5. The summed E-state index contributed by atoms with van der Waals surface area (Å²) in [6, 6.07) is 1.15. The van der Waals surface area contributed by atoms with Crippen LogP contribution in [-0.2, 0) is 14.3 Å². The van der Waals surface area contributed by atoms with Gasteiger partial charge in [-0.05, 0) is 6.07 Å². The number of anilines is 1. The summed E-state index contributed by atoms with van der Waals surface area (Å²) < 4.78 is 38.6. The molecule has 0 aromatic carbocycles. The highest BCUT2D eigenvalue weighted by Gasteiger charge is 2.62. The van der Waals surface area contributed by atoms with Crippen molar-refractivity contribution in [3.05, 3.63) is 22.7 Å². The van der Waals surface area contributed by atoms with Crippen molar-refractivity contribution < 1.29 is 28.2 Å². The number of hydrogen-bond acceptors (Lipinski definition) is 7. The molecule has 3 N–H and O–H groups in total. The lowest BCUT2D eigenvalue weighted by molar-refractivity contribution is -0.174. The molecule has 10 heteroatoms. The molecular weight excluding hydrogens is 292 g/mol. The van der Waals surface area contributed by atoms with Crippen LogP contribution in [0.4, 0.5) is 14.6 Å². The van der Waals surface area contributed by atoms with Gasteiger partial charge in [0.1, 0.15) is 11.9 Å². The highest BCUT2D eigenvalue weighted by atomic mass is 19.3. The van der Waals surface area contributed by atoms with E-state index in [-0.39, 0.29) is 5.82 Å². The third kappa shape index (κ3) is 2.72. The van der Waals surface area contributed by atoms with Gasteiger partial charge in [-0.2, -0.15) is 13.8 Å². The van der Waals surface area contributed by atoms with Crippen molar-refractivity contribution in [3.63, 3.8) is 0 Å². The zero-order valence-electron chi connectivity index (χ0n) is 10.9. The second-order valence-corrected chi connectivity index (χ2v) is 4.46. The van der Waals surface area contributed by atoms with Gasteiger partial charge in [-0.3, -0.25) is 9.36 Å². The molecule has 3 atom stereocenters. The maximum absolute atomic E-state index is 14.3. The number of nitrogens with zero attached hydrogens (tertiary/aromatic N) is 2. The van der Waals surface area contributed by atoms with E-state index in [1.54, 1.807) is 0 Å². The van der Waals surface area contributed by atoms with Gasteiger partial charge >= 0.3 is 17.6 Å². The second kappa shape index (κ2) is 5.37. The summed E-state index contributed by atoms with van der Waals surface area (Å²) in [5, 5.41) is 9.09. The molecule has 8 nitrogen and oxygen atoms in total. The number of nitrogens with two attached hydrogens (primary N) is 1.